The minimum Gasteiger partial charge on any atom is -0.456 e. The Morgan fingerprint density at radius 1 is 0.296 bits per heavy atom. The highest BCUT2D eigenvalue weighted by Gasteiger charge is 2.19. The van der Waals surface area contributed by atoms with Gasteiger partial charge in [0, 0.05) is 32.9 Å². The molecule has 0 atom stereocenters. The van der Waals surface area contributed by atoms with Crippen molar-refractivity contribution in [2.75, 3.05) is 4.90 Å². The van der Waals surface area contributed by atoms with Gasteiger partial charge >= 0.3 is 0 Å². The molecule has 0 N–H and O–H groups in total. The van der Waals surface area contributed by atoms with Crippen LogP contribution < -0.4 is 4.90 Å². The van der Waals surface area contributed by atoms with Crippen LogP contribution in [0.5, 0.6) is 0 Å². The fourth-order valence-electron chi connectivity index (χ4n) is 8.60. The smallest absolute Gasteiger partial charge is 0.136 e. The van der Waals surface area contributed by atoms with Crippen molar-refractivity contribution < 1.29 is 4.42 Å². The lowest BCUT2D eigenvalue weighted by molar-refractivity contribution is 0.669. The van der Waals surface area contributed by atoms with Crippen LogP contribution in [0.2, 0.25) is 0 Å². The molecule has 0 saturated carbocycles. The van der Waals surface area contributed by atoms with Crippen molar-refractivity contribution in [3.63, 3.8) is 0 Å². The number of para-hydroxylation sites is 1. The zero-order valence-electron chi connectivity index (χ0n) is 29.4. The quantitative estimate of drug-likeness (QED) is 0.168. The average Bonchev–Trinajstić information content (AvgIpc) is 3.63. The standard InChI is InChI=1S/C52H33NO/c1-2-12-34(13-3-1)35-24-28-38(29-25-35)53(47-22-10-15-36-14-4-5-16-40(36)47)39-30-26-37(27-31-39)41-20-11-21-43-45-32-33-49-52(46-19-8-9-23-48(46)54-49)51(45)44-18-7-6-17-42(44)50(41)43/h1-33H. The summed E-state index contributed by atoms with van der Waals surface area (Å²) in [5, 5.41) is 12.2. The Hall–Kier alpha value is -7.16. The summed E-state index contributed by atoms with van der Waals surface area (Å²) in [5.74, 6) is 0. The van der Waals surface area contributed by atoms with E-state index >= 15 is 0 Å². The number of furan rings is 1. The summed E-state index contributed by atoms with van der Waals surface area (Å²) in [6.07, 6.45) is 0. The van der Waals surface area contributed by atoms with Crippen molar-refractivity contribution in [3.8, 4) is 22.3 Å². The Morgan fingerprint density at radius 2 is 0.833 bits per heavy atom. The summed E-state index contributed by atoms with van der Waals surface area (Å²) in [7, 11) is 0. The first kappa shape index (κ1) is 30.5. The highest BCUT2D eigenvalue weighted by Crippen LogP contribution is 2.46. The number of nitrogens with zero attached hydrogens (tertiary/aromatic N) is 1. The molecular weight excluding hydrogens is 655 g/mol. The minimum absolute atomic E-state index is 0.919. The summed E-state index contributed by atoms with van der Waals surface area (Å²) in [6.45, 7) is 0. The van der Waals surface area contributed by atoms with E-state index in [1.165, 1.54) is 70.7 Å². The maximum absolute atomic E-state index is 6.35. The average molecular weight is 688 g/mol. The van der Waals surface area contributed by atoms with E-state index in [4.69, 9.17) is 4.42 Å². The van der Waals surface area contributed by atoms with Crippen molar-refractivity contribution in [3.05, 3.63) is 200 Å². The summed E-state index contributed by atoms with van der Waals surface area (Å²) < 4.78 is 6.35. The predicted molar refractivity (Wildman–Crippen MR) is 229 cm³/mol. The Labute approximate surface area is 312 Å². The second kappa shape index (κ2) is 12.2. The fraction of sp³-hybridized carbons (Fsp3) is 0. The van der Waals surface area contributed by atoms with Crippen LogP contribution in [0.1, 0.15) is 0 Å². The van der Waals surface area contributed by atoms with E-state index in [1.807, 2.05) is 6.07 Å². The number of hydrogen-bond acceptors (Lipinski definition) is 2. The summed E-state index contributed by atoms with van der Waals surface area (Å²) in [4.78, 5) is 2.38. The molecule has 0 unspecified atom stereocenters. The molecule has 2 heteroatoms. The Morgan fingerprint density at radius 3 is 1.59 bits per heavy atom. The Kier molecular flexibility index (Phi) is 6.90. The van der Waals surface area contributed by atoms with E-state index in [-0.39, 0.29) is 0 Å². The number of rotatable bonds is 5. The fourth-order valence-corrected chi connectivity index (χ4v) is 8.60. The summed E-state index contributed by atoms with van der Waals surface area (Å²) in [5.41, 5.74) is 10.0. The molecule has 252 valence electrons. The van der Waals surface area contributed by atoms with Gasteiger partial charge < -0.3 is 9.32 Å². The maximum atomic E-state index is 6.35. The molecular formula is C52H33NO. The van der Waals surface area contributed by atoms with Gasteiger partial charge in [0.05, 0.1) is 5.69 Å². The van der Waals surface area contributed by atoms with E-state index < -0.39 is 0 Å². The molecule has 11 rings (SSSR count). The normalized spacial score (nSPS) is 11.7. The number of fused-ring (bicyclic) bond motifs is 11. The lowest BCUT2D eigenvalue weighted by Crippen LogP contribution is -2.10. The van der Waals surface area contributed by atoms with Gasteiger partial charge in [-0.25, -0.2) is 0 Å². The van der Waals surface area contributed by atoms with Crippen LogP contribution in [0.4, 0.5) is 17.1 Å². The van der Waals surface area contributed by atoms with E-state index in [0.29, 0.717) is 0 Å². The van der Waals surface area contributed by atoms with E-state index in [1.54, 1.807) is 0 Å². The van der Waals surface area contributed by atoms with Crippen molar-refractivity contribution >= 4 is 82.1 Å². The van der Waals surface area contributed by atoms with Crippen molar-refractivity contribution in [1.82, 2.24) is 0 Å². The first-order chi connectivity index (χ1) is 26.8. The molecule has 0 saturated heterocycles. The lowest BCUT2D eigenvalue weighted by atomic mass is 9.88. The third-order valence-electron chi connectivity index (χ3n) is 11.0. The third kappa shape index (κ3) is 4.74. The SMILES string of the molecule is c1ccc(-c2ccc(N(c3ccc(-c4cccc5c6ccc7oc8ccccc8c7c6c6ccccc6c45)cc3)c3cccc4ccccc34)cc2)cc1. The Balaban J connectivity index is 1.09. The molecule has 54 heavy (non-hydrogen) atoms. The Bertz CT molecular complexity index is 3160. The van der Waals surface area contributed by atoms with Crippen LogP contribution >= 0.6 is 0 Å². The molecule has 2 nitrogen and oxygen atoms in total. The highest BCUT2D eigenvalue weighted by atomic mass is 16.3. The molecule has 11 aromatic rings. The van der Waals surface area contributed by atoms with Gasteiger partial charge in [-0.1, -0.05) is 152 Å². The molecule has 0 aliphatic rings. The summed E-state index contributed by atoms with van der Waals surface area (Å²) >= 11 is 0. The third-order valence-corrected chi connectivity index (χ3v) is 11.0. The van der Waals surface area contributed by atoms with Crippen molar-refractivity contribution in [2.45, 2.75) is 0 Å². The molecule has 0 bridgehead atoms. The van der Waals surface area contributed by atoms with Crippen LogP contribution in [0.3, 0.4) is 0 Å². The topological polar surface area (TPSA) is 16.4 Å². The van der Waals surface area contributed by atoms with Crippen molar-refractivity contribution in [1.29, 1.82) is 0 Å². The number of hydrogen-bond donors (Lipinski definition) is 0. The predicted octanol–water partition coefficient (Wildman–Crippen LogP) is 15.0. The van der Waals surface area contributed by atoms with Crippen LogP contribution in [0.15, 0.2) is 205 Å². The van der Waals surface area contributed by atoms with Crippen LogP contribution in [0, 0.1) is 0 Å². The van der Waals surface area contributed by atoms with Gasteiger partial charge in [0.15, 0.2) is 0 Å². The van der Waals surface area contributed by atoms with Crippen LogP contribution in [0.25, 0.3) is 87.3 Å². The maximum Gasteiger partial charge on any atom is 0.136 e. The van der Waals surface area contributed by atoms with E-state index in [2.05, 4.69) is 199 Å². The molecule has 0 fully saturated rings. The minimum atomic E-state index is 0.919. The van der Waals surface area contributed by atoms with E-state index in [0.717, 1.165) is 33.6 Å². The first-order valence-electron chi connectivity index (χ1n) is 18.5. The van der Waals surface area contributed by atoms with Gasteiger partial charge in [-0.15, -0.1) is 0 Å². The lowest BCUT2D eigenvalue weighted by Gasteiger charge is -2.27. The van der Waals surface area contributed by atoms with Gasteiger partial charge in [-0.3, -0.25) is 0 Å². The molecule has 1 heterocycles. The number of benzene rings is 10. The summed E-state index contributed by atoms with van der Waals surface area (Å²) in [6, 6.07) is 72.2. The van der Waals surface area contributed by atoms with E-state index in [9.17, 15) is 0 Å². The monoisotopic (exact) mass is 687 g/mol. The van der Waals surface area contributed by atoms with Gasteiger partial charge in [0.1, 0.15) is 11.2 Å². The largest absolute Gasteiger partial charge is 0.456 e. The molecule has 0 amide bonds. The molecule has 0 aliphatic carbocycles. The van der Waals surface area contributed by atoms with Crippen molar-refractivity contribution in [2.24, 2.45) is 0 Å². The zero-order chi connectivity index (χ0) is 35.6. The molecule has 0 radical (unpaired) electrons. The second-order valence-corrected chi connectivity index (χ2v) is 14.0. The zero-order valence-corrected chi connectivity index (χ0v) is 29.4. The second-order valence-electron chi connectivity index (χ2n) is 14.0. The van der Waals surface area contributed by atoms with Gasteiger partial charge in [0.25, 0.3) is 0 Å². The number of anilines is 3. The van der Waals surface area contributed by atoms with Gasteiger partial charge in [-0.2, -0.15) is 0 Å². The molecule has 0 spiro atoms. The molecule has 1 aromatic heterocycles. The molecule has 10 aromatic carbocycles. The van der Waals surface area contributed by atoms with Gasteiger partial charge in [-0.05, 0) is 103 Å². The highest BCUT2D eigenvalue weighted by molar-refractivity contribution is 6.36. The van der Waals surface area contributed by atoms with Crippen LogP contribution in [-0.2, 0) is 0 Å². The van der Waals surface area contributed by atoms with Gasteiger partial charge in [0.2, 0.25) is 0 Å². The first-order valence-corrected chi connectivity index (χ1v) is 18.5. The van der Waals surface area contributed by atoms with Crippen LogP contribution in [-0.4, -0.2) is 0 Å². The molecule has 0 aliphatic heterocycles.